The number of benzene rings is 2. The molecular weight excluding hydrogens is 276 g/mol. The second-order valence-electron chi connectivity index (χ2n) is 5.11. The van der Waals surface area contributed by atoms with Gasteiger partial charge in [-0.2, -0.15) is 0 Å². The maximum absolute atomic E-state index is 12.2. The van der Waals surface area contributed by atoms with Gasteiger partial charge in [0.25, 0.3) is 5.91 Å². The normalized spacial score (nSPS) is 10.4. The molecule has 0 atom stereocenters. The summed E-state index contributed by atoms with van der Waals surface area (Å²) in [7, 11) is 0. The Kier molecular flexibility index (Phi) is 4.01. The number of anilines is 1. The molecule has 0 aliphatic rings. The van der Waals surface area contributed by atoms with Gasteiger partial charge in [-0.05, 0) is 30.5 Å². The molecule has 0 aliphatic heterocycles. The van der Waals surface area contributed by atoms with Gasteiger partial charge in [0.2, 0.25) is 5.76 Å². The Morgan fingerprint density at radius 2 is 1.82 bits per heavy atom. The quantitative estimate of drug-likeness (QED) is 0.795. The standard InChI is InChI=1S/C18H16N2O2/c1-13-11-17(22-20-13)18(21)19-16-10-6-5-9-15(16)12-14-7-3-2-4-8-14/h2-11H,12H2,1H3,(H,19,21). The topological polar surface area (TPSA) is 55.1 Å². The second kappa shape index (κ2) is 6.26. The molecule has 0 saturated heterocycles. The van der Waals surface area contributed by atoms with E-state index >= 15 is 0 Å². The number of carbonyl (C=O) groups excluding carboxylic acids is 1. The molecule has 1 heterocycles. The van der Waals surface area contributed by atoms with Gasteiger partial charge in [0.15, 0.2) is 0 Å². The summed E-state index contributed by atoms with van der Waals surface area (Å²) in [5.41, 5.74) is 3.71. The molecule has 3 aromatic rings. The summed E-state index contributed by atoms with van der Waals surface area (Å²) in [5, 5.41) is 6.62. The molecule has 1 aromatic heterocycles. The SMILES string of the molecule is Cc1cc(C(=O)Nc2ccccc2Cc2ccccc2)on1. The van der Waals surface area contributed by atoms with Crippen LogP contribution in [0.1, 0.15) is 27.4 Å². The Balaban J connectivity index is 1.81. The van der Waals surface area contributed by atoms with E-state index in [1.807, 2.05) is 42.5 Å². The van der Waals surface area contributed by atoms with Gasteiger partial charge in [0.05, 0.1) is 5.69 Å². The van der Waals surface area contributed by atoms with Gasteiger partial charge in [-0.15, -0.1) is 0 Å². The lowest BCUT2D eigenvalue weighted by Gasteiger charge is -2.10. The molecule has 0 fully saturated rings. The summed E-state index contributed by atoms with van der Waals surface area (Å²) >= 11 is 0. The summed E-state index contributed by atoms with van der Waals surface area (Å²) in [4.78, 5) is 12.2. The molecule has 0 spiro atoms. The average Bonchev–Trinajstić information content (AvgIpc) is 2.97. The molecular formula is C18H16N2O2. The summed E-state index contributed by atoms with van der Waals surface area (Å²) in [5.74, 6) is -0.0758. The van der Waals surface area contributed by atoms with Crippen LogP contribution in [0.15, 0.2) is 65.2 Å². The first-order chi connectivity index (χ1) is 10.7. The zero-order chi connectivity index (χ0) is 15.4. The van der Waals surface area contributed by atoms with Crippen molar-refractivity contribution in [3.05, 3.63) is 83.2 Å². The van der Waals surface area contributed by atoms with Crippen LogP contribution in [-0.4, -0.2) is 11.1 Å². The minimum absolute atomic E-state index is 0.215. The number of amides is 1. The molecule has 4 heteroatoms. The maximum Gasteiger partial charge on any atom is 0.294 e. The van der Waals surface area contributed by atoms with E-state index in [9.17, 15) is 4.79 Å². The third-order valence-electron chi connectivity index (χ3n) is 3.35. The van der Waals surface area contributed by atoms with E-state index in [1.54, 1.807) is 13.0 Å². The first-order valence-corrected chi connectivity index (χ1v) is 7.09. The Morgan fingerprint density at radius 1 is 1.09 bits per heavy atom. The van der Waals surface area contributed by atoms with Crippen molar-refractivity contribution < 1.29 is 9.32 Å². The first kappa shape index (κ1) is 14.1. The highest BCUT2D eigenvalue weighted by Gasteiger charge is 2.13. The Bertz CT molecular complexity index is 779. The number of para-hydroxylation sites is 1. The minimum atomic E-state index is -0.291. The Labute approximate surface area is 128 Å². The van der Waals surface area contributed by atoms with Gasteiger partial charge in [-0.1, -0.05) is 53.7 Å². The van der Waals surface area contributed by atoms with Gasteiger partial charge in [0, 0.05) is 11.8 Å². The van der Waals surface area contributed by atoms with Crippen molar-refractivity contribution in [2.24, 2.45) is 0 Å². The smallest absolute Gasteiger partial charge is 0.294 e. The molecule has 0 saturated carbocycles. The second-order valence-corrected chi connectivity index (χ2v) is 5.11. The third kappa shape index (κ3) is 3.23. The molecule has 0 unspecified atom stereocenters. The molecule has 110 valence electrons. The number of aryl methyl sites for hydroxylation is 1. The van der Waals surface area contributed by atoms with E-state index in [0.29, 0.717) is 5.69 Å². The van der Waals surface area contributed by atoms with Crippen LogP contribution < -0.4 is 5.32 Å². The molecule has 22 heavy (non-hydrogen) atoms. The molecule has 1 amide bonds. The fraction of sp³-hybridized carbons (Fsp3) is 0.111. The average molecular weight is 292 g/mol. The summed E-state index contributed by atoms with van der Waals surface area (Å²) < 4.78 is 4.99. The number of hydrogen-bond donors (Lipinski definition) is 1. The largest absolute Gasteiger partial charge is 0.351 e. The molecule has 0 bridgehead atoms. The zero-order valence-electron chi connectivity index (χ0n) is 12.2. The van der Waals surface area contributed by atoms with Crippen LogP contribution in [0.4, 0.5) is 5.69 Å². The predicted molar refractivity (Wildman–Crippen MR) is 84.9 cm³/mol. The maximum atomic E-state index is 12.2. The van der Waals surface area contributed by atoms with Crippen LogP contribution in [0.2, 0.25) is 0 Å². The van der Waals surface area contributed by atoms with Gasteiger partial charge in [0.1, 0.15) is 0 Å². The lowest BCUT2D eigenvalue weighted by atomic mass is 10.0. The van der Waals surface area contributed by atoms with E-state index in [4.69, 9.17) is 4.52 Å². The van der Waals surface area contributed by atoms with E-state index in [1.165, 1.54) is 5.56 Å². The number of nitrogens with zero attached hydrogens (tertiary/aromatic N) is 1. The van der Waals surface area contributed by atoms with Gasteiger partial charge in [-0.25, -0.2) is 0 Å². The highest BCUT2D eigenvalue weighted by Crippen LogP contribution is 2.20. The summed E-state index contributed by atoms with van der Waals surface area (Å²) in [6.07, 6.45) is 0.757. The van der Waals surface area contributed by atoms with Crippen molar-refractivity contribution in [1.29, 1.82) is 0 Å². The van der Waals surface area contributed by atoms with Crippen LogP contribution in [0.5, 0.6) is 0 Å². The molecule has 0 aliphatic carbocycles. The number of aromatic nitrogens is 1. The van der Waals surface area contributed by atoms with Crippen molar-refractivity contribution >= 4 is 11.6 Å². The molecule has 0 radical (unpaired) electrons. The van der Waals surface area contributed by atoms with Crippen LogP contribution in [0.3, 0.4) is 0 Å². The summed E-state index contributed by atoms with van der Waals surface area (Å²) in [6.45, 7) is 1.78. The fourth-order valence-corrected chi connectivity index (χ4v) is 2.27. The van der Waals surface area contributed by atoms with Gasteiger partial charge >= 0.3 is 0 Å². The highest BCUT2D eigenvalue weighted by atomic mass is 16.5. The van der Waals surface area contributed by atoms with E-state index < -0.39 is 0 Å². The van der Waals surface area contributed by atoms with Crippen molar-refractivity contribution in [3.63, 3.8) is 0 Å². The van der Waals surface area contributed by atoms with Crippen molar-refractivity contribution in [3.8, 4) is 0 Å². The lowest BCUT2D eigenvalue weighted by Crippen LogP contribution is -2.12. The van der Waals surface area contributed by atoms with Crippen LogP contribution >= 0.6 is 0 Å². The van der Waals surface area contributed by atoms with Gasteiger partial charge in [-0.3, -0.25) is 4.79 Å². The van der Waals surface area contributed by atoms with Crippen molar-refractivity contribution in [1.82, 2.24) is 5.16 Å². The Morgan fingerprint density at radius 3 is 2.55 bits per heavy atom. The van der Waals surface area contributed by atoms with Crippen LogP contribution in [-0.2, 0) is 6.42 Å². The van der Waals surface area contributed by atoms with E-state index in [2.05, 4.69) is 22.6 Å². The summed E-state index contributed by atoms with van der Waals surface area (Å²) in [6, 6.07) is 19.5. The first-order valence-electron chi connectivity index (χ1n) is 7.09. The van der Waals surface area contributed by atoms with Gasteiger partial charge < -0.3 is 9.84 Å². The Hall–Kier alpha value is -2.88. The number of rotatable bonds is 4. The van der Waals surface area contributed by atoms with Crippen LogP contribution in [0.25, 0.3) is 0 Å². The third-order valence-corrected chi connectivity index (χ3v) is 3.35. The predicted octanol–water partition coefficient (Wildman–Crippen LogP) is 3.83. The molecule has 2 aromatic carbocycles. The lowest BCUT2D eigenvalue weighted by molar-refractivity contribution is 0.0988. The van der Waals surface area contributed by atoms with Crippen molar-refractivity contribution in [2.75, 3.05) is 5.32 Å². The minimum Gasteiger partial charge on any atom is -0.351 e. The van der Waals surface area contributed by atoms with E-state index in [-0.39, 0.29) is 11.7 Å². The monoisotopic (exact) mass is 292 g/mol. The fourth-order valence-electron chi connectivity index (χ4n) is 2.27. The highest BCUT2D eigenvalue weighted by molar-refractivity contribution is 6.02. The number of carbonyl (C=O) groups is 1. The molecule has 1 N–H and O–H groups in total. The molecule has 4 nitrogen and oxygen atoms in total. The molecule has 3 rings (SSSR count). The zero-order valence-corrected chi connectivity index (χ0v) is 12.2. The van der Waals surface area contributed by atoms with Crippen LogP contribution in [0, 0.1) is 6.92 Å². The van der Waals surface area contributed by atoms with Crippen molar-refractivity contribution in [2.45, 2.75) is 13.3 Å². The number of hydrogen-bond acceptors (Lipinski definition) is 3. The van der Waals surface area contributed by atoms with E-state index in [0.717, 1.165) is 17.7 Å². The number of nitrogens with one attached hydrogen (secondary N) is 1.